The summed E-state index contributed by atoms with van der Waals surface area (Å²) in [5.41, 5.74) is 7.42. The number of aliphatic hydroxyl groups is 2. The van der Waals surface area contributed by atoms with Crippen LogP contribution < -0.4 is 15.8 Å². The molecule has 0 aliphatic carbocycles. The Bertz CT molecular complexity index is 693. The molecule has 2 aromatic rings. The van der Waals surface area contributed by atoms with Crippen molar-refractivity contribution in [3.8, 4) is 5.75 Å². The van der Waals surface area contributed by atoms with Gasteiger partial charge in [-0.1, -0.05) is 36.4 Å². The number of carbonyl (C=O) groups excluding carboxylic acids is 1. The highest BCUT2D eigenvalue weighted by atomic mass is 16.5. The first-order chi connectivity index (χ1) is 12.0. The van der Waals surface area contributed by atoms with Gasteiger partial charge in [-0.25, -0.2) is 4.79 Å². The molecule has 0 radical (unpaired) electrons. The molecule has 0 heterocycles. The van der Waals surface area contributed by atoms with E-state index >= 15 is 0 Å². The Hall–Kier alpha value is -2.77. The SMILES string of the molecule is COc1cc(C(O)C(O)CNC(=O)OCc2ccccc2)ccc1N. The second-order valence-electron chi connectivity index (χ2n) is 5.46. The number of anilines is 1. The van der Waals surface area contributed by atoms with Crippen molar-refractivity contribution >= 4 is 11.8 Å². The minimum absolute atomic E-state index is 0.125. The van der Waals surface area contributed by atoms with E-state index in [0.717, 1.165) is 5.56 Å². The molecule has 5 N–H and O–H groups in total. The molecular formula is C18H22N2O5. The van der Waals surface area contributed by atoms with E-state index in [1.54, 1.807) is 12.1 Å². The second kappa shape index (κ2) is 8.91. The van der Waals surface area contributed by atoms with Gasteiger partial charge in [0.25, 0.3) is 0 Å². The van der Waals surface area contributed by atoms with Crippen molar-refractivity contribution in [2.75, 3.05) is 19.4 Å². The van der Waals surface area contributed by atoms with E-state index in [2.05, 4.69) is 5.32 Å². The molecule has 0 saturated carbocycles. The summed E-state index contributed by atoms with van der Waals surface area (Å²) < 4.78 is 10.1. The predicted octanol–water partition coefficient (Wildman–Crippen LogP) is 1.60. The second-order valence-corrected chi connectivity index (χ2v) is 5.46. The van der Waals surface area contributed by atoms with Crippen molar-refractivity contribution in [3.05, 3.63) is 59.7 Å². The number of alkyl carbamates (subject to hydrolysis) is 1. The van der Waals surface area contributed by atoms with Crippen molar-refractivity contribution in [2.24, 2.45) is 0 Å². The first-order valence-electron chi connectivity index (χ1n) is 7.75. The minimum atomic E-state index is -1.21. The van der Waals surface area contributed by atoms with Gasteiger partial charge in [0.05, 0.1) is 12.8 Å². The van der Waals surface area contributed by atoms with E-state index in [1.165, 1.54) is 13.2 Å². The Morgan fingerprint density at radius 3 is 2.60 bits per heavy atom. The van der Waals surface area contributed by atoms with Gasteiger partial charge in [0.2, 0.25) is 0 Å². The maximum absolute atomic E-state index is 11.7. The smallest absolute Gasteiger partial charge is 0.407 e. The maximum atomic E-state index is 11.7. The van der Waals surface area contributed by atoms with Crippen LogP contribution in [0.4, 0.5) is 10.5 Å². The first-order valence-corrected chi connectivity index (χ1v) is 7.75. The molecule has 2 rings (SSSR count). The van der Waals surface area contributed by atoms with Crippen molar-refractivity contribution in [1.29, 1.82) is 0 Å². The number of ether oxygens (including phenoxy) is 2. The van der Waals surface area contributed by atoms with Crippen LogP contribution in [-0.4, -0.2) is 36.1 Å². The maximum Gasteiger partial charge on any atom is 0.407 e. The Balaban J connectivity index is 1.82. The molecule has 0 spiro atoms. The minimum Gasteiger partial charge on any atom is -0.495 e. The van der Waals surface area contributed by atoms with E-state index in [9.17, 15) is 15.0 Å². The van der Waals surface area contributed by atoms with Crippen LogP contribution in [0.5, 0.6) is 5.75 Å². The quantitative estimate of drug-likeness (QED) is 0.566. The highest BCUT2D eigenvalue weighted by molar-refractivity contribution is 5.67. The highest BCUT2D eigenvalue weighted by Crippen LogP contribution is 2.27. The molecule has 2 atom stereocenters. The topological polar surface area (TPSA) is 114 Å². The Morgan fingerprint density at radius 1 is 1.20 bits per heavy atom. The number of amides is 1. The van der Waals surface area contributed by atoms with Crippen molar-refractivity contribution < 1.29 is 24.5 Å². The van der Waals surface area contributed by atoms with Gasteiger partial charge in [-0.3, -0.25) is 0 Å². The van der Waals surface area contributed by atoms with Crippen LogP contribution in [0.2, 0.25) is 0 Å². The molecule has 0 aliphatic rings. The molecule has 0 aliphatic heterocycles. The number of hydrogen-bond donors (Lipinski definition) is 4. The zero-order chi connectivity index (χ0) is 18.2. The Morgan fingerprint density at radius 2 is 1.92 bits per heavy atom. The Kier molecular flexibility index (Phi) is 6.62. The van der Waals surface area contributed by atoms with E-state index in [0.29, 0.717) is 17.0 Å². The van der Waals surface area contributed by atoms with Gasteiger partial charge in [0, 0.05) is 6.54 Å². The van der Waals surface area contributed by atoms with Crippen LogP contribution in [0.3, 0.4) is 0 Å². The van der Waals surface area contributed by atoms with Gasteiger partial charge in [0.1, 0.15) is 24.6 Å². The molecule has 0 fully saturated rings. The molecule has 0 bridgehead atoms. The average Bonchev–Trinajstić information content (AvgIpc) is 2.65. The lowest BCUT2D eigenvalue weighted by Crippen LogP contribution is -2.35. The summed E-state index contributed by atoms with van der Waals surface area (Å²) in [5.74, 6) is 0.402. The van der Waals surface area contributed by atoms with Crippen molar-refractivity contribution in [2.45, 2.75) is 18.8 Å². The fourth-order valence-corrected chi connectivity index (χ4v) is 2.21. The van der Waals surface area contributed by atoms with E-state index in [4.69, 9.17) is 15.2 Å². The zero-order valence-corrected chi connectivity index (χ0v) is 13.9. The fourth-order valence-electron chi connectivity index (χ4n) is 2.21. The molecule has 0 saturated heterocycles. The van der Waals surface area contributed by atoms with Gasteiger partial charge >= 0.3 is 6.09 Å². The number of methoxy groups -OCH3 is 1. The largest absolute Gasteiger partial charge is 0.495 e. The summed E-state index contributed by atoms with van der Waals surface area (Å²) in [7, 11) is 1.46. The third-order valence-corrected chi connectivity index (χ3v) is 3.63. The van der Waals surface area contributed by atoms with Crippen LogP contribution in [0.25, 0.3) is 0 Å². The molecular weight excluding hydrogens is 324 g/mol. The number of nitrogens with one attached hydrogen (secondary N) is 1. The molecule has 25 heavy (non-hydrogen) atoms. The number of rotatable bonds is 7. The predicted molar refractivity (Wildman–Crippen MR) is 93.0 cm³/mol. The summed E-state index contributed by atoms with van der Waals surface area (Å²) in [6, 6.07) is 13.9. The van der Waals surface area contributed by atoms with Gasteiger partial charge in [-0.05, 0) is 23.3 Å². The number of nitrogen functional groups attached to an aromatic ring is 1. The lowest BCUT2D eigenvalue weighted by molar-refractivity contribution is 0.0183. The zero-order valence-electron chi connectivity index (χ0n) is 13.9. The molecule has 1 amide bonds. The van der Waals surface area contributed by atoms with Crippen molar-refractivity contribution in [3.63, 3.8) is 0 Å². The van der Waals surface area contributed by atoms with Crippen LogP contribution in [0.1, 0.15) is 17.2 Å². The first kappa shape index (κ1) is 18.6. The molecule has 134 valence electrons. The standard InChI is InChI=1S/C18H22N2O5/c1-24-16-9-13(7-8-14(16)19)17(22)15(21)10-20-18(23)25-11-12-5-3-2-4-6-12/h2-9,15,17,21-22H,10-11,19H2,1H3,(H,20,23). The number of nitrogens with two attached hydrogens (primary N) is 1. The molecule has 7 nitrogen and oxygen atoms in total. The van der Waals surface area contributed by atoms with Crippen LogP contribution in [-0.2, 0) is 11.3 Å². The molecule has 2 unspecified atom stereocenters. The Labute approximate surface area is 146 Å². The van der Waals surface area contributed by atoms with Crippen molar-refractivity contribution in [1.82, 2.24) is 5.32 Å². The van der Waals surface area contributed by atoms with Crippen LogP contribution in [0, 0.1) is 0 Å². The number of benzene rings is 2. The summed E-state index contributed by atoms with van der Waals surface area (Å²) in [5, 5.41) is 22.6. The summed E-state index contributed by atoms with van der Waals surface area (Å²) >= 11 is 0. The molecule has 2 aromatic carbocycles. The van der Waals surface area contributed by atoms with Gasteiger partial charge in [-0.2, -0.15) is 0 Å². The average molecular weight is 346 g/mol. The van der Waals surface area contributed by atoms with E-state index < -0.39 is 18.3 Å². The molecule has 0 aromatic heterocycles. The van der Waals surface area contributed by atoms with Crippen LogP contribution >= 0.6 is 0 Å². The van der Waals surface area contributed by atoms with Gasteiger partial charge in [-0.15, -0.1) is 0 Å². The fraction of sp³-hybridized carbons (Fsp3) is 0.278. The third kappa shape index (κ3) is 5.37. The van der Waals surface area contributed by atoms with Gasteiger partial charge < -0.3 is 30.7 Å². The lowest BCUT2D eigenvalue weighted by atomic mass is 10.0. The highest BCUT2D eigenvalue weighted by Gasteiger charge is 2.20. The number of aliphatic hydroxyl groups excluding tert-OH is 2. The third-order valence-electron chi connectivity index (χ3n) is 3.63. The summed E-state index contributed by atoms with van der Waals surface area (Å²) in [6.07, 6.45) is -3.09. The van der Waals surface area contributed by atoms with Crippen LogP contribution in [0.15, 0.2) is 48.5 Å². The van der Waals surface area contributed by atoms with Gasteiger partial charge in [0.15, 0.2) is 0 Å². The number of hydrogen-bond acceptors (Lipinski definition) is 6. The lowest BCUT2D eigenvalue weighted by Gasteiger charge is -2.19. The van der Waals surface area contributed by atoms with E-state index in [-0.39, 0.29) is 13.2 Å². The molecule has 7 heteroatoms. The number of carbonyl (C=O) groups is 1. The summed E-state index contributed by atoms with van der Waals surface area (Å²) in [4.78, 5) is 11.7. The normalized spacial score (nSPS) is 12.9. The van der Waals surface area contributed by atoms with E-state index in [1.807, 2.05) is 30.3 Å². The summed E-state index contributed by atoms with van der Waals surface area (Å²) in [6.45, 7) is -0.0397. The monoisotopic (exact) mass is 346 g/mol.